The van der Waals surface area contributed by atoms with Crippen LogP contribution in [0.15, 0.2) is 0 Å². The molecule has 0 aliphatic rings. The normalized spacial score (nSPS) is 13.8. The van der Waals surface area contributed by atoms with Gasteiger partial charge in [-0.15, -0.1) is 0 Å². The Morgan fingerprint density at radius 2 is 1.68 bits per heavy atom. The third kappa shape index (κ3) is 5.46. The molecule has 0 aromatic rings. The first kappa shape index (κ1) is 18.3. The summed E-state index contributed by atoms with van der Waals surface area (Å²) in [5, 5.41) is 0. The van der Waals surface area contributed by atoms with E-state index in [4.69, 9.17) is 0 Å². The molecule has 7 heteroatoms. The number of carbonyl (C=O) groups excluding carboxylic acids is 1. The Morgan fingerprint density at radius 3 is 2.05 bits per heavy atom. The summed E-state index contributed by atoms with van der Waals surface area (Å²) in [5.41, 5.74) is 0. The molecule has 1 atom stereocenters. The number of ether oxygens (including phenoxy) is 1. The van der Waals surface area contributed by atoms with E-state index in [1.54, 1.807) is 6.92 Å². The maximum absolute atomic E-state index is 12.4. The van der Waals surface area contributed by atoms with Crippen LogP contribution in [0.4, 0.5) is 0 Å². The molecule has 0 aromatic carbocycles. The fourth-order valence-corrected chi connectivity index (χ4v) is 3.43. The maximum Gasteiger partial charge on any atom is 0.309 e. The highest BCUT2D eigenvalue weighted by Gasteiger charge is 2.28. The molecule has 114 valence electrons. The zero-order valence-corrected chi connectivity index (χ0v) is 13.4. The van der Waals surface area contributed by atoms with Gasteiger partial charge in [0.2, 0.25) is 0 Å². The largest absolute Gasteiger partial charge is 0.469 e. The molecule has 1 unspecified atom stereocenters. The number of rotatable bonds is 9. The Balaban J connectivity index is 4.81. The lowest BCUT2D eigenvalue weighted by Crippen LogP contribution is -2.45. The van der Waals surface area contributed by atoms with E-state index in [2.05, 4.69) is 4.74 Å². The third-order valence-corrected chi connectivity index (χ3v) is 4.76. The summed E-state index contributed by atoms with van der Waals surface area (Å²) in [7, 11) is -0.711. The van der Waals surface area contributed by atoms with Gasteiger partial charge in [0.25, 0.3) is 10.2 Å². The first-order valence-corrected chi connectivity index (χ1v) is 8.00. The van der Waals surface area contributed by atoms with Crippen molar-refractivity contribution in [2.75, 3.05) is 33.8 Å². The molecular formula is C12H26N2O4S. The molecular weight excluding hydrogens is 268 g/mol. The van der Waals surface area contributed by atoms with Gasteiger partial charge in [-0.1, -0.05) is 20.8 Å². The molecule has 0 saturated heterocycles. The van der Waals surface area contributed by atoms with Crippen LogP contribution >= 0.6 is 0 Å². The highest BCUT2D eigenvalue weighted by Crippen LogP contribution is 2.11. The van der Waals surface area contributed by atoms with E-state index in [0.29, 0.717) is 13.1 Å². The Morgan fingerprint density at radius 1 is 1.21 bits per heavy atom. The molecule has 0 spiro atoms. The van der Waals surface area contributed by atoms with E-state index in [0.717, 1.165) is 12.8 Å². The molecule has 0 amide bonds. The fraction of sp³-hybridized carbons (Fsp3) is 0.917. The third-order valence-electron chi connectivity index (χ3n) is 2.80. The van der Waals surface area contributed by atoms with Gasteiger partial charge in [0, 0.05) is 26.7 Å². The van der Waals surface area contributed by atoms with Gasteiger partial charge in [0.1, 0.15) is 0 Å². The van der Waals surface area contributed by atoms with E-state index >= 15 is 0 Å². The van der Waals surface area contributed by atoms with Crippen molar-refractivity contribution in [2.24, 2.45) is 5.92 Å². The van der Waals surface area contributed by atoms with Gasteiger partial charge < -0.3 is 4.74 Å². The second kappa shape index (κ2) is 8.50. The maximum atomic E-state index is 12.4. The molecule has 0 radical (unpaired) electrons. The number of methoxy groups -OCH3 is 1. The Hall–Kier alpha value is -0.660. The minimum Gasteiger partial charge on any atom is -0.469 e. The quantitative estimate of drug-likeness (QED) is 0.597. The summed E-state index contributed by atoms with van der Waals surface area (Å²) >= 11 is 0. The lowest BCUT2D eigenvalue weighted by atomic mass is 10.2. The van der Waals surface area contributed by atoms with Crippen molar-refractivity contribution in [1.29, 1.82) is 0 Å². The van der Waals surface area contributed by atoms with Crippen molar-refractivity contribution in [3.63, 3.8) is 0 Å². The molecule has 0 aliphatic carbocycles. The van der Waals surface area contributed by atoms with Crippen molar-refractivity contribution in [3.05, 3.63) is 0 Å². The molecule has 19 heavy (non-hydrogen) atoms. The van der Waals surface area contributed by atoms with E-state index in [1.165, 1.54) is 22.8 Å². The standard InChI is InChI=1S/C12H26N2O4S/c1-6-8-14(9-7-2)19(16,17)13(4)10-11(3)12(15)18-5/h11H,6-10H2,1-5H3. The number of nitrogens with zero attached hydrogens (tertiary/aromatic N) is 2. The summed E-state index contributed by atoms with van der Waals surface area (Å²) in [6.45, 7) is 6.64. The first-order chi connectivity index (χ1) is 8.81. The predicted octanol–water partition coefficient (Wildman–Crippen LogP) is 1.09. The molecule has 0 aromatic heterocycles. The molecule has 0 N–H and O–H groups in total. The molecule has 0 bridgehead atoms. The van der Waals surface area contributed by atoms with Crippen molar-refractivity contribution >= 4 is 16.2 Å². The lowest BCUT2D eigenvalue weighted by Gasteiger charge is -2.28. The van der Waals surface area contributed by atoms with Crippen molar-refractivity contribution in [3.8, 4) is 0 Å². The average molecular weight is 294 g/mol. The van der Waals surface area contributed by atoms with Crippen LogP contribution in [-0.4, -0.2) is 56.8 Å². The second-order valence-corrected chi connectivity index (χ2v) is 6.65. The van der Waals surface area contributed by atoms with Crippen molar-refractivity contribution in [2.45, 2.75) is 33.6 Å². The zero-order chi connectivity index (χ0) is 15.1. The van der Waals surface area contributed by atoms with Crippen LogP contribution in [0.2, 0.25) is 0 Å². The average Bonchev–Trinajstić information content (AvgIpc) is 2.37. The van der Waals surface area contributed by atoms with Gasteiger partial charge in [0.15, 0.2) is 0 Å². The van der Waals surface area contributed by atoms with Gasteiger partial charge in [0.05, 0.1) is 13.0 Å². The number of carbonyl (C=O) groups is 1. The highest BCUT2D eigenvalue weighted by molar-refractivity contribution is 7.86. The van der Waals surface area contributed by atoms with Crippen LogP contribution < -0.4 is 0 Å². The van der Waals surface area contributed by atoms with Gasteiger partial charge in [-0.05, 0) is 12.8 Å². The highest BCUT2D eigenvalue weighted by atomic mass is 32.2. The predicted molar refractivity (Wildman–Crippen MR) is 74.9 cm³/mol. The lowest BCUT2D eigenvalue weighted by molar-refractivity contribution is -0.145. The van der Waals surface area contributed by atoms with Crippen LogP contribution in [0.3, 0.4) is 0 Å². The number of hydrogen-bond donors (Lipinski definition) is 0. The van der Waals surface area contributed by atoms with E-state index < -0.39 is 22.1 Å². The van der Waals surface area contributed by atoms with E-state index in [9.17, 15) is 13.2 Å². The molecule has 0 heterocycles. The van der Waals surface area contributed by atoms with Crippen LogP contribution in [0, 0.1) is 5.92 Å². The van der Waals surface area contributed by atoms with Gasteiger partial charge >= 0.3 is 5.97 Å². The summed E-state index contributed by atoms with van der Waals surface area (Å²) < 4.78 is 32.0. The monoisotopic (exact) mass is 294 g/mol. The first-order valence-electron chi connectivity index (χ1n) is 6.60. The minimum absolute atomic E-state index is 0.124. The minimum atomic E-state index is -3.50. The molecule has 0 rings (SSSR count). The van der Waals surface area contributed by atoms with Gasteiger partial charge in [-0.3, -0.25) is 4.79 Å². The van der Waals surface area contributed by atoms with Crippen molar-refractivity contribution in [1.82, 2.24) is 8.61 Å². The summed E-state index contributed by atoms with van der Waals surface area (Å²) in [5.74, 6) is -0.880. The van der Waals surface area contributed by atoms with Crippen LogP contribution in [0.5, 0.6) is 0 Å². The van der Waals surface area contributed by atoms with Crippen LogP contribution in [-0.2, 0) is 19.7 Å². The Kier molecular flexibility index (Phi) is 8.20. The van der Waals surface area contributed by atoms with Gasteiger partial charge in [-0.2, -0.15) is 17.0 Å². The summed E-state index contributed by atoms with van der Waals surface area (Å²) in [4.78, 5) is 11.3. The Bertz CT molecular complexity index is 364. The smallest absolute Gasteiger partial charge is 0.309 e. The zero-order valence-electron chi connectivity index (χ0n) is 12.5. The fourth-order valence-electron chi connectivity index (χ4n) is 1.79. The number of esters is 1. The summed E-state index contributed by atoms with van der Waals surface area (Å²) in [6.07, 6.45) is 1.53. The van der Waals surface area contributed by atoms with Crippen LogP contribution in [0.25, 0.3) is 0 Å². The SMILES string of the molecule is CCCN(CCC)S(=O)(=O)N(C)CC(C)C(=O)OC. The molecule has 6 nitrogen and oxygen atoms in total. The van der Waals surface area contributed by atoms with E-state index in [-0.39, 0.29) is 6.54 Å². The van der Waals surface area contributed by atoms with Gasteiger partial charge in [-0.25, -0.2) is 0 Å². The summed E-state index contributed by atoms with van der Waals surface area (Å²) in [6, 6.07) is 0. The molecule has 0 aliphatic heterocycles. The topological polar surface area (TPSA) is 66.9 Å². The molecule has 0 fully saturated rings. The second-order valence-electron chi connectivity index (χ2n) is 4.61. The Labute approximate surface area is 116 Å². The van der Waals surface area contributed by atoms with E-state index in [1.807, 2.05) is 13.8 Å². The van der Waals surface area contributed by atoms with Crippen LogP contribution in [0.1, 0.15) is 33.6 Å². The van der Waals surface area contributed by atoms with Crippen molar-refractivity contribution < 1.29 is 17.9 Å². The molecule has 0 saturated carbocycles. The number of hydrogen-bond acceptors (Lipinski definition) is 4.